The van der Waals surface area contributed by atoms with Gasteiger partial charge in [-0.3, -0.25) is 4.79 Å². The lowest BCUT2D eigenvalue weighted by Gasteiger charge is -2.38. The van der Waals surface area contributed by atoms with Crippen molar-refractivity contribution >= 4 is 5.91 Å². The summed E-state index contributed by atoms with van der Waals surface area (Å²) in [6.45, 7) is 1.44. The first-order valence-electron chi connectivity index (χ1n) is 8.85. The van der Waals surface area contributed by atoms with Gasteiger partial charge in [0.1, 0.15) is 17.6 Å². The zero-order valence-electron chi connectivity index (χ0n) is 14.9. The van der Waals surface area contributed by atoms with Gasteiger partial charge in [0.15, 0.2) is 6.61 Å². The van der Waals surface area contributed by atoms with Crippen LogP contribution < -0.4 is 10.1 Å². The van der Waals surface area contributed by atoms with E-state index in [2.05, 4.69) is 5.32 Å². The normalized spacial score (nSPS) is 15.6. The van der Waals surface area contributed by atoms with Gasteiger partial charge in [-0.1, -0.05) is 24.3 Å². The summed E-state index contributed by atoms with van der Waals surface area (Å²) in [4.78, 5) is 12.3. The fourth-order valence-electron chi connectivity index (χ4n) is 3.28. The SMILES string of the molecule is N#Cc1ccccc1OCC(=O)NCC1(c2ccc(F)cc2)CCOCC1. The fraction of sp³-hybridized carbons (Fsp3) is 0.333. The minimum Gasteiger partial charge on any atom is -0.482 e. The molecule has 6 heteroatoms. The Labute approximate surface area is 157 Å². The highest BCUT2D eigenvalue weighted by atomic mass is 19.1. The van der Waals surface area contributed by atoms with Gasteiger partial charge in [-0.15, -0.1) is 0 Å². The van der Waals surface area contributed by atoms with Crippen molar-refractivity contribution in [2.45, 2.75) is 18.3 Å². The van der Waals surface area contributed by atoms with E-state index in [1.807, 2.05) is 6.07 Å². The van der Waals surface area contributed by atoms with E-state index in [0.717, 1.165) is 18.4 Å². The molecule has 0 unspecified atom stereocenters. The Morgan fingerprint density at radius 2 is 1.89 bits per heavy atom. The number of hydrogen-bond donors (Lipinski definition) is 1. The molecular formula is C21H21FN2O3. The Balaban J connectivity index is 1.62. The molecule has 0 aromatic heterocycles. The van der Waals surface area contributed by atoms with Crippen LogP contribution in [0, 0.1) is 17.1 Å². The largest absolute Gasteiger partial charge is 0.482 e. The molecule has 0 aliphatic carbocycles. The number of amides is 1. The molecule has 1 aliphatic heterocycles. The highest BCUT2D eigenvalue weighted by molar-refractivity contribution is 5.77. The number of hydrogen-bond acceptors (Lipinski definition) is 4. The molecule has 1 heterocycles. The Bertz CT molecular complexity index is 824. The molecule has 1 amide bonds. The summed E-state index contributed by atoms with van der Waals surface area (Å²) in [5.41, 5.74) is 1.09. The van der Waals surface area contributed by atoms with Gasteiger partial charge >= 0.3 is 0 Å². The maximum absolute atomic E-state index is 13.3. The Hall–Kier alpha value is -2.91. The van der Waals surface area contributed by atoms with Crippen LogP contribution in [0.2, 0.25) is 0 Å². The lowest BCUT2D eigenvalue weighted by atomic mass is 9.74. The first-order valence-corrected chi connectivity index (χ1v) is 8.85. The summed E-state index contributed by atoms with van der Waals surface area (Å²) in [5, 5.41) is 12.0. The molecule has 0 saturated carbocycles. The number of rotatable bonds is 6. The van der Waals surface area contributed by atoms with Crippen LogP contribution in [-0.4, -0.2) is 32.3 Å². The van der Waals surface area contributed by atoms with E-state index in [4.69, 9.17) is 14.7 Å². The van der Waals surface area contributed by atoms with Crippen molar-refractivity contribution in [3.63, 3.8) is 0 Å². The molecule has 140 valence electrons. The molecule has 5 nitrogen and oxygen atoms in total. The number of benzene rings is 2. The van der Waals surface area contributed by atoms with Crippen LogP contribution in [0.15, 0.2) is 48.5 Å². The molecular weight excluding hydrogens is 347 g/mol. The van der Waals surface area contributed by atoms with Gasteiger partial charge in [-0.25, -0.2) is 4.39 Å². The second-order valence-corrected chi connectivity index (χ2v) is 6.57. The number of nitrogens with zero attached hydrogens (tertiary/aromatic N) is 1. The third kappa shape index (κ3) is 4.63. The molecule has 2 aromatic carbocycles. The van der Waals surface area contributed by atoms with Gasteiger partial charge in [0.25, 0.3) is 5.91 Å². The second kappa shape index (κ2) is 8.65. The quantitative estimate of drug-likeness (QED) is 0.851. The Kier molecular flexibility index (Phi) is 6.05. The van der Waals surface area contributed by atoms with Crippen LogP contribution in [0.4, 0.5) is 4.39 Å². The van der Waals surface area contributed by atoms with Gasteiger partial charge < -0.3 is 14.8 Å². The molecule has 0 radical (unpaired) electrons. The van der Waals surface area contributed by atoms with Crippen molar-refractivity contribution in [1.82, 2.24) is 5.32 Å². The second-order valence-electron chi connectivity index (χ2n) is 6.57. The maximum Gasteiger partial charge on any atom is 0.257 e. The maximum atomic E-state index is 13.3. The number of carbonyl (C=O) groups excluding carboxylic acids is 1. The van der Waals surface area contributed by atoms with E-state index in [9.17, 15) is 9.18 Å². The van der Waals surface area contributed by atoms with Crippen LogP contribution >= 0.6 is 0 Å². The summed E-state index contributed by atoms with van der Waals surface area (Å²) < 4.78 is 24.2. The third-order valence-corrected chi connectivity index (χ3v) is 4.90. The minimum atomic E-state index is -0.286. The number of ether oxygens (including phenoxy) is 2. The number of nitrogens with one attached hydrogen (secondary N) is 1. The number of carbonyl (C=O) groups is 1. The van der Waals surface area contributed by atoms with Crippen molar-refractivity contribution in [1.29, 1.82) is 5.26 Å². The molecule has 0 atom stereocenters. The van der Waals surface area contributed by atoms with Gasteiger partial charge in [0.05, 0.1) is 5.56 Å². The van der Waals surface area contributed by atoms with Crippen LogP contribution in [0.1, 0.15) is 24.0 Å². The van der Waals surface area contributed by atoms with E-state index in [1.54, 1.807) is 36.4 Å². The lowest BCUT2D eigenvalue weighted by molar-refractivity contribution is -0.123. The molecule has 1 saturated heterocycles. The summed E-state index contributed by atoms with van der Waals surface area (Å²) in [7, 11) is 0. The van der Waals surface area contributed by atoms with E-state index < -0.39 is 0 Å². The van der Waals surface area contributed by atoms with E-state index in [0.29, 0.717) is 31.1 Å². The molecule has 2 aromatic rings. The predicted octanol–water partition coefficient (Wildman–Crippen LogP) is 2.94. The van der Waals surface area contributed by atoms with Gasteiger partial charge in [-0.05, 0) is 42.7 Å². The van der Waals surface area contributed by atoms with Crippen molar-refractivity contribution in [2.75, 3.05) is 26.4 Å². The Morgan fingerprint density at radius 3 is 2.59 bits per heavy atom. The molecule has 1 aliphatic rings. The van der Waals surface area contributed by atoms with E-state index >= 15 is 0 Å². The van der Waals surface area contributed by atoms with E-state index in [1.165, 1.54) is 12.1 Å². The molecule has 3 rings (SSSR count). The fourth-order valence-corrected chi connectivity index (χ4v) is 3.28. The number of para-hydroxylation sites is 1. The zero-order chi connectivity index (χ0) is 19.1. The lowest BCUT2D eigenvalue weighted by Crippen LogP contribution is -2.45. The summed E-state index contributed by atoms with van der Waals surface area (Å²) in [6, 6.07) is 15.2. The molecule has 0 bridgehead atoms. The number of halogens is 1. The van der Waals surface area contributed by atoms with Crippen molar-refractivity contribution in [2.24, 2.45) is 0 Å². The first-order chi connectivity index (χ1) is 13.1. The average molecular weight is 368 g/mol. The van der Waals surface area contributed by atoms with Crippen molar-refractivity contribution < 1.29 is 18.7 Å². The molecule has 1 fully saturated rings. The van der Waals surface area contributed by atoms with Gasteiger partial charge in [0, 0.05) is 25.2 Å². The summed E-state index contributed by atoms with van der Waals surface area (Å²) in [6.07, 6.45) is 1.49. The van der Waals surface area contributed by atoms with Gasteiger partial charge in [-0.2, -0.15) is 5.26 Å². The first kappa shape index (κ1) is 18.9. The average Bonchev–Trinajstić information content (AvgIpc) is 2.72. The zero-order valence-corrected chi connectivity index (χ0v) is 14.9. The van der Waals surface area contributed by atoms with Crippen LogP contribution in [0.3, 0.4) is 0 Å². The van der Waals surface area contributed by atoms with Crippen molar-refractivity contribution in [3.8, 4) is 11.8 Å². The summed E-state index contributed by atoms with van der Waals surface area (Å²) >= 11 is 0. The van der Waals surface area contributed by atoms with Crippen LogP contribution in [-0.2, 0) is 14.9 Å². The smallest absolute Gasteiger partial charge is 0.257 e. The molecule has 1 N–H and O–H groups in total. The monoisotopic (exact) mass is 368 g/mol. The van der Waals surface area contributed by atoms with Crippen molar-refractivity contribution in [3.05, 3.63) is 65.5 Å². The number of nitriles is 1. The minimum absolute atomic E-state index is 0.172. The van der Waals surface area contributed by atoms with Crippen LogP contribution in [0.5, 0.6) is 5.75 Å². The van der Waals surface area contributed by atoms with Crippen LogP contribution in [0.25, 0.3) is 0 Å². The standard InChI is InChI=1S/C21H21FN2O3/c22-18-7-5-17(6-8-18)21(9-11-26-12-10-21)15-24-20(25)14-27-19-4-2-1-3-16(19)13-23/h1-8H,9-12,14-15H2,(H,24,25). The predicted molar refractivity (Wildman–Crippen MR) is 97.8 cm³/mol. The topological polar surface area (TPSA) is 71.3 Å². The molecule has 0 spiro atoms. The van der Waals surface area contributed by atoms with Gasteiger partial charge in [0.2, 0.25) is 0 Å². The highest BCUT2D eigenvalue weighted by Crippen LogP contribution is 2.34. The third-order valence-electron chi connectivity index (χ3n) is 4.90. The highest BCUT2D eigenvalue weighted by Gasteiger charge is 2.34. The summed E-state index contributed by atoms with van der Waals surface area (Å²) in [5.74, 6) is -0.167. The Morgan fingerprint density at radius 1 is 1.19 bits per heavy atom. The molecule has 27 heavy (non-hydrogen) atoms. The van der Waals surface area contributed by atoms with E-state index in [-0.39, 0.29) is 23.7 Å².